The average molecular weight is 226 g/mol. The van der Waals surface area contributed by atoms with Crippen LogP contribution in [0.15, 0.2) is 0 Å². The number of thioether (sulfide) groups is 1. The summed E-state index contributed by atoms with van der Waals surface area (Å²) in [7, 11) is 0. The van der Waals surface area contributed by atoms with Gasteiger partial charge in [-0.3, -0.25) is 10.1 Å². The molecule has 4 nitrogen and oxygen atoms in total. The first-order chi connectivity index (χ1) is 6.61. The van der Waals surface area contributed by atoms with E-state index in [1.165, 1.54) is 0 Å². The standard InChI is InChI=1S/C7H12F2N2O2S/c8-6(9)5(12)1-10-7(13)4-2-14-3-11-4/h4-6,11-12H,1-3H2,(H,10,13). The van der Waals surface area contributed by atoms with Gasteiger partial charge in [-0.05, 0) is 0 Å². The second-order valence-corrected chi connectivity index (χ2v) is 3.95. The molecule has 0 aromatic rings. The monoisotopic (exact) mass is 226 g/mol. The lowest BCUT2D eigenvalue weighted by atomic mass is 10.3. The molecule has 0 radical (unpaired) electrons. The molecule has 1 aliphatic heterocycles. The Morgan fingerprint density at radius 1 is 1.71 bits per heavy atom. The summed E-state index contributed by atoms with van der Waals surface area (Å²) in [6.45, 7) is -0.403. The first-order valence-corrected chi connectivity index (χ1v) is 5.32. The number of aliphatic hydroxyl groups is 1. The fourth-order valence-electron chi connectivity index (χ4n) is 0.981. The highest BCUT2D eigenvalue weighted by Crippen LogP contribution is 2.09. The molecule has 0 aromatic heterocycles. The molecule has 0 bridgehead atoms. The van der Waals surface area contributed by atoms with E-state index in [0.29, 0.717) is 11.6 Å². The maximum absolute atomic E-state index is 11.8. The first kappa shape index (κ1) is 11.7. The van der Waals surface area contributed by atoms with Crippen LogP contribution in [0.4, 0.5) is 8.78 Å². The van der Waals surface area contributed by atoms with E-state index in [0.717, 1.165) is 0 Å². The Kier molecular flexibility index (Phi) is 4.56. The van der Waals surface area contributed by atoms with Crippen LogP contribution in [0.5, 0.6) is 0 Å². The van der Waals surface area contributed by atoms with Gasteiger partial charge in [0.2, 0.25) is 5.91 Å². The van der Waals surface area contributed by atoms with Gasteiger partial charge in [0, 0.05) is 18.2 Å². The third-order valence-electron chi connectivity index (χ3n) is 1.81. The quantitative estimate of drug-likeness (QED) is 0.598. The van der Waals surface area contributed by atoms with Crippen molar-refractivity contribution in [3.8, 4) is 0 Å². The Morgan fingerprint density at radius 3 is 2.93 bits per heavy atom. The van der Waals surface area contributed by atoms with E-state index in [9.17, 15) is 13.6 Å². The maximum Gasteiger partial charge on any atom is 0.265 e. The number of hydrogen-bond donors (Lipinski definition) is 3. The number of halogens is 2. The van der Waals surface area contributed by atoms with E-state index >= 15 is 0 Å². The van der Waals surface area contributed by atoms with Gasteiger partial charge in [-0.25, -0.2) is 8.78 Å². The molecule has 0 aromatic carbocycles. The van der Waals surface area contributed by atoms with Crippen LogP contribution < -0.4 is 10.6 Å². The molecule has 1 rings (SSSR count). The number of hydrogen-bond acceptors (Lipinski definition) is 4. The summed E-state index contributed by atoms with van der Waals surface area (Å²) >= 11 is 1.57. The van der Waals surface area contributed by atoms with E-state index in [1.807, 2.05) is 0 Å². The van der Waals surface area contributed by atoms with Gasteiger partial charge in [0.1, 0.15) is 6.10 Å². The van der Waals surface area contributed by atoms with Crippen LogP contribution in [0.25, 0.3) is 0 Å². The van der Waals surface area contributed by atoms with Gasteiger partial charge in [0.25, 0.3) is 6.43 Å². The van der Waals surface area contributed by atoms with Gasteiger partial charge in [0.15, 0.2) is 0 Å². The van der Waals surface area contributed by atoms with E-state index < -0.39 is 19.1 Å². The molecule has 3 N–H and O–H groups in total. The number of aliphatic hydroxyl groups excluding tert-OH is 1. The van der Waals surface area contributed by atoms with Crippen molar-refractivity contribution in [2.24, 2.45) is 0 Å². The molecule has 1 heterocycles. The fourth-order valence-corrected chi connectivity index (χ4v) is 1.92. The molecule has 0 spiro atoms. The lowest BCUT2D eigenvalue weighted by Crippen LogP contribution is -2.45. The van der Waals surface area contributed by atoms with Gasteiger partial charge in [-0.2, -0.15) is 0 Å². The van der Waals surface area contributed by atoms with Crippen LogP contribution >= 0.6 is 11.8 Å². The van der Waals surface area contributed by atoms with Crippen LogP contribution in [-0.2, 0) is 4.79 Å². The minimum Gasteiger partial charge on any atom is -0.385 e. The second kappa shape index (κ2) is 5.47. The smallest absolute Gasteiger partial charge is 0.265 e. The summed E-state index contributed by atoms with van der Waals surface area (Å²) in [6.07, 6.45) is -4.60. The fraction of sp³-hybridized carbons (Fsp3) is 0.857. The minimum atomic E-state index is -2.82. The highest BCUT2D eigenvalue weighted by atomic mass is 32.2. The van der Waals surface area contributed by atoms with Gasteiger partial charge < -0.3 is 10.4 Å². The summed E-state index contributed by atoms with van der Waals surface area (Å²) < 4.78 is 23.7. The van der Waals surface area contributed by atoms with Gasteiger partial charge in [-0.15, -0.1) is 11.8 Å². The maximum atomic E-state index is 11.8. The van der Waals surface area contributed by atoms with E-state index in [2.05, 4.69) is 10.6 Å². The lowest BCUT2D eigenvalue weighted by Gasteiger charge is -2.13. The lowest BCUT2D eigenvalue weighted by molar-refractivity contribution is -0.123. The van der Waals surface area contributed by atoms with Crippen molar-refractivity contribution in [1.29, 1.82) is 0 Å². The third-order valence-corrected chi connectivity index (χ3v) is 2.75. The van der Waals surface area contributed by atoms with Gasteiger partial charge in [0.05, 0.1) is 6.04 Å². The zero-order valence-electron chi connectivity index (χ0n) is 7.37. The molecular formula is C7H12F2N2O2S. The molecule has 0 saturated carbocycles. The Labute approximate surface area is 84.4 Å². The Bertz CT molecular complexity index is 200. The summed E-state index contributed by atoms with van der Waals surface area (Å²) in [5.41, 5.74) is 0. The Morgan fingerprint density at radius 2 is 2.43 bits per heavy atom. The molecule has 7 heteroatoms. The zero-order chi connectivity index (χ0) is 10.6. The number of carbonyl (C=O) groups is 1. The number of amides is 1. The number of alkyl halides is 2. The van der Waals surface area contributed by atoms with Crippen LogP contribution in [0.2, 0.25) is 0 Å². The molecule has 1 saturated heterocycles. The van der Waals surface area contributed by atoms with Crippen molar-refractivity contribution in [1.82, 2.24) is 10.6 Å². The van der Waals surface area contributed by atoms with Crippen molar-refractivity contribution in [2.75, 3.05) is 18.2 Å². The topological polar surface area (TPSA) is 61.4 Å². The van der Waals surface area contributed by atoms with Crippen LogP contribution in [-0.4, -0.2) is 47.8 Å². The van der Waals surface area contributed by atoms with Crippen molar-refractivity contribution in [2.45, 2.75) is 18.6 Å². The largest absolute Gasteiger partial charge is 0.385 e. The molecule has 0 aliphatic carbocycles. The van der Waals surface area contributed by atoms with Crippen molar-refractivity contribution in [3.63, 3.8) is 0 Å². The summed E-state index contributed by atoms with van der Waals surface area (Å²) in [5.74, 6) is 0.987. The average Bonchev–Trinajstić information content (AvgIpc) is 2.66. The molecular weight excluding hydrogens is 214 g/mol. The second-order valence-electron chi connectivity index (χ2n) is 2.92. The Balaban J connectivity index is 2.20. The SMILES string of the molecule is O=C(NCC(O)C(F)F)C1CSCN1. The van der Waals surface area contributed by atoms with Crippen molar-refractivity contribution in [3.05, 3.63) is 0 Å². The van der Waals surface area contributed by atoms with Crippen molar-refractivity contribution < 1.29 is 18.7 Å². The van der Waals surface area contributed by atoms with E-state index in [1.54, 1.807) is 11.8 Å². The highest BCUT2D eigenvalue weighted by molar-refractivity contribution is 7.99. The normalized spacial score (nSPS) is 23.9. The first-order valence-electron chi connectivity index (χ1n) is 4.16. The molecule has 1 amide bonds. The van der Waals surface area contributed by atoms with Crippen LogP contribution in [0.1, 0.15) is 0 Å². The van der Waals surface area contributed by atoms with Crippen LogP contribution in [0, 0.1) is 0 Å². The predicted octanol–water partition coefficient (Wildman–Crippen LogP) is -0.609. The Hall–Kier alpha value is -0.400. The van der Waals surface area contributed by atoms with Crippen LogP contribution in [0.3, 0.4) is 0 Å². The molecule has 2 atom stereocenters. The van der Waals surface area contributed by atoms with Gasteiger partial charge in [-0.1, -0.05) is 0 Å². The third kappa shape index (κ3) is 3.39. The highest BCUT2D eigenvalue weighted by Gasteiger charge is 2.24. The summed E-state index contributed by atoms with van der Waals surface area (Å²) in [5, 5.41) is 13.9. The number of rotatable bonds is 4. The summed E-state index contributed by atoms with van der Waals surface area (Å²) in [4.78, 5) is 11.2. The molecule has 1 fully saturated rings. The predicted molar refractivity (Wildman–Crippen MR) is 49.3 cm³/mol. The molecule has 1 aliphatic rings. The minimum absolute atomic E-state index is 0.329. The molecule has 82 valence electrons. The summed E-state index contributed by atoms with van der Waals surface area (Å²) in [6, 6.07) is -0.329. The molecule has 2 unspecified atom stereocenters. The zero-order valence-corrected chi connectivity index (χ0v) is 8.19. The number of nitrogens with one attached hydrogen (secondary N) is 2. The molecule has 14 heavy (non-hydrogen) atoms. The van der Waals surface area contributed by atoms with E-state index in [4.69, 9.17) is 5.11 Å². The number of carbonyl (C=O) groups excluding carboxylic acids is 1. The van der Waals surface area contributed by atoms with Crippen molar-refractivity contribution >= 4 is 17.7 Å². The van der Waals surface area contributed by atoms with E-state index in [-0.39, 0.29) is 11.9 Å². The van der Waals surface area contributed by atoms with Gasteiger partial charge >= 0.3 is 0 Å².